The van der Waals surface area contributed by atoms with E-state index >= 15 is 0 Å². The van der Waals surface area contributed by atoms with Crippen LogP contribution in [0.2, 0.25) is 0 Å². The van der Waals surface area contributed by atoms with Gasteiger partial charge >= 0.3 is 6.61 Å². The van der Waals surface area contributed by atoms with Gasteiger partial charge in [-0.25, -0.2) is 0 Å². The van der Waals surface area contributed by atoms with Crippen LogP contribution in [0.5, 0.6) is 17.2 Å². The predicted molar refractivity (Wildman–Crippen MR) is 107 cm³/mol. The maximum absolute atomic E-state index is 12.5. The Bertz CT molecular complexity index is 952. The van der Waals surface area contributed by atoms with Gasteiger partial charge in [0.25, 0.3) is 0 Å². The Hall–Kier alpha value is -2.92. The van der Waals surface area contributed by atoms with Crippen molar-refractivity contribution in [3.63, 3.8) is 0 Å². The smallest absolute Gasteiger partial charge is 0.387 e. The first-order chi connectivity index (χ1) is 14.1. The SMILES string of the molecule is COCc1cccc(Oc2ccccc2)c1C1(c2ccc(OC(F)F)cc2)CC1. The summed E-state index contributed by atoms with van der Waals surface area (Å²) in [6.07, 6.45) is 1.90. The lowest BCUT2D eigenvalue weighted by Crippen LogP contribution is -2.14. The lowest BCUT2D eigenvalue weighted by atomic mass is 9.84. The minimum absolute atomic E-state index is 0.158. The lowest BCUT2D eigenvalue weighted by molar-refractivity contribution is -0.0498. The predicted octanol–water partition coefficient (Wildman–Crippen LogP) is 6.31. The van der Waals surface area contributed by atoms with Crippen LogP contribution in [0.15, 0.2) is 72.8 Å². The number of rotatable bonds is 8. The molecule has 0 aromatic heterocycles. The van der Waals surface area contributed by atoms with Gasteiger partial charge in [0.2, 0.25) is 0 Å². The molecule has 150 valence electrons. The van der Waals surface area contributed by atoms with Crippen LogP contribution < -0.4 is 9.47 Å². The molecular weight excluding hydrogens is 374 g/mol. The van der Waals surface area contributed by atoms with Gasteiger partial charge in [0.15, 0.2) is 0 Å². The van der Waals surface area contributed by atoms with E-state index in [1.807, 2.05) is 60.7 Å². The van der Waals surface area contributed by atoms with Crippen molar-refractivity contribution in [1.29, 1.82) is 0 Å². The largest absolute Gasteiger partial charge is 0.457 e. The van der Waals surface area contributed by atoms with Crippen molar-refractivity contribution in [3.05, 3.63) is 89.5 Å². The highest BCUT2D eigenvalue weighted by Gasteiger charge is 2.49. The monoisotopic (exact) mass is 396 g/mol. The molecule has 1 aliphatic rings. The summed E-state index contributed by atoms with van der Waals surface area (Å²) in [4.78, 5) is 0. The fraction of sp³-hybridized carbons (Fsp3) is 0.250. The Morgan fingerprint density at radius 2 is 1.59 bits per heavy atom. The van der Waals surface area contributed by atoms with Gasteiger partial charge in [0.05, 0.1) is 6.61 Å². The summed E-state index contributed by atoms with van der Waals surface area (Å²) in [5, 5.41) is 0. The number of benzene rings is 3. The fourth-order valence-electron chi connectivity index (χ4n) is 3.86. The Balaban J connectivity index is 1.74. The van der Waals surface area contributed by atoms with Gasteiger partial charge in [0, 0.05) is 18.1 Å². The molecule has 1 aliphatic carbocycles. The Labute approximate surface area is 168 Å². The van der Waals surface area contributed by atoms with E-state index in [2.05, 4.69) is 4.74 Å². The van der Waals surface area contributed by atoms with E-state index in [9.17, 15) is 8.78 Å². The number of alkyl halides is 2. The van der Waals surface area contributed by atoms with E-state index < -0.39 is 6.61 Å². The van der Waals surface area contributed by atoms with Gasteiger partial charge < -0.3 is 14.2 Å². The first-order valence-electron chi connectivity index (χ1n) is 9.52. The third-order valence-corrected chi connectivity index (χ3v) is 5.24. The van der Waals surface area contributed by atoms with Gasteiger partial charge in [-0.15, -0.1) is 0 Å². The number of hydrogen-bond donors (Lipinski definition) is 0. The van der Waals surface area contributed by atoms with Crippen molar-refractivity contribution in [2.45, 2.75) is 31.5 Å². The molecule has 0 amide bonds. The Kier molecular flexibility index (Phi) is 5.49. The van der Waals surface area contributed by atoms with E-state index in [0.717, 1.165) is 41.0 Å². The van der Waals surface area contributed by atoms with E-state index in [-0.39, 0.29) is 11.2 Å². The van der Waals surface area contributed by atoms with Crippen molar-refractivity contribution in [2.24, 2.45) is 0 Å². The molecule has 0 radical (unpaired) electrons. The third kappa shape index (κ3) is 4.10. The zero-order chi connectivity index (χ0) is 20.3. The molecule has 0 saturated heterocycles. The second-order valence-corrected chi connectivity index (χ2v) is 7.12. The molecule has 0 atom stereocenters. The van der Waals surface area contributed by atoms with Gasteiger partial charge in [-0.1, -0.05) is 42.5 Å². The highest BCUT2D eigenvalue weighted by atomic mass is 19.3. The fourth-order valence-corrected chi connectivity index (χ4v) is 3.86. The lowest BCUT2D eigenvalue weighted by Gasteiger charge is -2.24. The molecule has 5 heteroatoms. The number of ether oxygens (including phenoxy) is 3. The van der Waals surface area contributed by atoms with Crippen LogP contribution in [0.1, 0.15) is 29.5 Å². The minimum Gasteiger partial charge on any atom is -0.457 e. The molecule has 1 fully saturated rings. The molecule has 0 bridgehead atoms. The molecule has 0 aliphatic heterocycles. The highest BCUT2D eigenvalue weighted by molar-refractivity contribution is 5.56. The summed E-state index contributed by atoms with van der Waals surface area (Å²) in [6, 6.07) is 22.5. The van der Waals surface area contributed by atoms with Crippen LogP contribution in [0.4, 0.5) is 8.78 Å². The summed E-state index contributed by atoms with van der Waals surface area (Å²) >= 11 is 0. The van der Waals surface area contributed by atoms with Crippen LogP contribution >= 0.6 is 0 Å². The van der Waals surface area contributed by atoms with Gasteiger partial charge in [-0.2, -0.15) is 8.78 Å². The molecule has 0 heterocycles. The van der Waals surface area contributed by atoms with Crippen LogP contribution in [-0.4, -0.2) is 13.7 Å². The molecular formula is C24H22F2O3. The Morgan fingerprint density at radius 3 is 2.21 bits per heavy atom. The number of halogens is 2. The maximum atomic E-state index is 12.5. The van der Waals surface area contributed by atoms with Gasteiger partial charge in [0.1, 0.15) is 17.2 Å². The van der Waals surface area contributed by atoms with E-state index in [1.165, 1.54) is 0 Å². The van der Waals surface area contributed by atoms with Crippen molar-refractivity contribution in [1.82, 2.24) is 0 Å². The van der Waals surface area contributed by atoms with Crippen molar-refractivity contribution >= 4 is 0 Å². The molecule has 3 nitrogen and oxygen atoms in total. The zero-order valence-electron chi connectivity index (χ0n) is 16.1. The van der Waals surface area contributed by atoms with Crippen LogP contribution in [-0.2, 0) is 16.8 Å². The molecule has 3 aromatic carbocycles. The number of para-hydroxylation sites is 1. The quantitative estimate of drug-likeness (QED) is 0.447. The standard InChI is InChI=1S/C24H22F2O3/c1-27-16-17-6-5-9-21(28-19-7-3-2-4-8-19)22(17)24(14-15-24)18-10-12-20(13-11-18)29-23(25)26/h2-13,23H,14-16H2,1H3. The van der Waals surface area contributed by atoms with Gasteiger partial charge in [-0.05, 0) is 54.3 Å². The summed E-state index contributed by atoms with van der Waals surface area (Å²) in [6.45, 7) is -2.36. The summed E-state index contributed by atoms with van der Waals surface area (Å²) in [5.41, 5.74) is 2.99. The van der Waals surface area contributed by atoms with E-state index in [1.54, 1.807) is 19.2 Å². The molecule has 0 spiro atoms. The highest BCUT2D eigenvalue weighted by Crippen LogP contribution is 2.57. The normalized spacial score (nSPS) is 14.6. The first-order valence-corrected chi connectivity index (χ1v) is 9.52. The average Bonchev–Trinajstić information content (AvgIpc) is 3.51. The van der Waals surface area contributed by atoms with Crippen LogP contribution in [0, 0.1) is 0 Å². The molecule has 29 heavy (non-hydrogen) atoms. The number of methoxy groups -OCH3 is 1. The van der Waals surface area contributed by atoms with Crippen molar-refractivity contribution < 1.29 is 23.0 Å². The second kappa shape index (κ2) is 8.21. The molecule has 0 N–H and O–H groups in total. The zero-order valence-corrected chi connectivity index (χ0v) is 16.1. The minimum atomic E-state index is -2.83. The summed E-state index contributed by atoms with van der Waals surface area (Å²) in [5.74, 6) is 1.71. The topological polar surface area (TPSA) is 27.7 Å². The summed E-state index contributed by atoms with van der Waals surface area (Å²) in [7, 11) is 1.67. The molecule has 4 rings (SSSR count). The molecule has 3 aromatic rings. The van der Waals surface area contributed by atoms with E-state index in [0.29, 0.717) is 6.61 Å². The Morgan fingerprint density at radius 1 is 0.862 bits per heavy atom. The van der Waals surface area contributed by atoms with Crippen molar-refractivity contribution in [2.75, 3.05) is 7.11 Å². The first kappa shape index (κ1) is 19.4. The van der Waals surface area contributed by atoms with Crippen LogP contribution in [0.3, 0.4) is 0 Å². The van der Waals surface area contributed by atoms with E-state index in [4.69, 9.17) is 9.47 Å². The maximum Gasteiger partial charge on any atom is 0.387 e. The van der Waals surface area contributed by atoms with Crippen LogP contribution in [0.25, 0.3) is 0 Å². The molecule has 1 saturated carbocycles. The number of hydrogen-bond acceptors (Lipinski definition) is 3. The second-order valence-electron chi connectivity index (χ2n) is 7.12. The third-order valence-electron chi connectivity index (χ3n) is 5.24. The summed E-state index contributed by atoms with van der Waals surface area (Å²) < 4.78 is 41.1. The van der Waals surface area contributed by atoms with Crippen molar-refractivity contribution in [3.8, 4) is 17.2 Å². The van der Waals surface area contributed by atoms with Gasteiger partial charge in [-0.3, -0.25) is 0 Å². The molecule has 0 unspecified atom stereocenters. The average molecular weight is 396 g/mol.